The van der Waals surface area contributed by atoms with Crippen LogP contribution in [0.4, 0.5) is 15.9 Å². The third kappa shape index (κ3) is 3.42. The van der Waals surface area contributed by atoms with Crippen LogP contribution < -0.4 is 10.1 Å². The van der Waals surface area contributed by atoms with Gasteiger partial charge in [-0.15, -0.1) is 0 Å². The number of pyridine rings is 1. The summed E-state index contributed by atoms with van der Waals surface area (Å²) in [6.45, 7) is 8.14. The van der Waals surface area contributed by atoms with E-state index >= 15 is 0 Å². The Hall–Kier alpha value is -3.73. The van der Waals surface area contributed by atoms with Crippen LogP contribution >= 0.6 is 0 Å². The van der Waals surface area contributed by atoms with Crippen LogP contribution in [0.2, 0.25) is 0 Å². The largest absolute Gasteiger partial charge is 0.493 e. The molecule has 1 aromatic carbocycles. The van der Waals surface area contributed by atoms with Crippen LogP contribution in [0.15, 0.2) is 42.7 Å². The van der Waals surface area contributed by atoms with Crippen molar-refractivity contribution in [3.8, 4) is 17.3 Å². The lowest BCUT2D eigenvalue weighted by Gasteiger charge is -2.15. The van der Waals surface area contributed by atoms with Crippen LogP contribution in [-0.4, -0.2) is 27.0 Å². The van der Waals surface area contributed by atoms with E-state index in [9.17, 15) is 9.18 Å². The summed E-state index contributed by atoms with van der Waals surface area (Å²) in [5.74, 6) is -0.0877. The molecule has 1 N–H and O–H groups in total. The van der Waals surface area contributed by atoms with Gasteiger partial charge in [-0.1, -0.05) is 6.07 Å². The highest BCUT2D eigenvalue weighted by molar-refractivity contribution is 6.06. The van der Waals surface area contributed by atoms with E-state index < -0.39 is 11.7 Å². The zero-order valence-electron chi connectivity index (χ0n) is 14.9. The fraction of sp³-hybridized carbons (Fsp3) is 0.200. The number of carbonyl (C=O) groups is 1. The van der Waals surface area contributed by atoms with E-state index in [1.807, 2.05) is 16.8 Å². The lowest BCUT2D eigenvalue weighted by molar-refractivity contribution is 0.102. The Morgan fingerprint density at radius 2 is 2.18 bits per heavy atom. The number of halogens is 1. The number of nitrogens with one attached hydrogen (secondary N) is 1. The lowest BCUT2D eigenvalue weighted by atomic mass is 10.1. The molecule has 3 aromatic rings. The highest BCUT2D eigenvalue weighted by Crippen LogP contribution is 2.29. The van der Waals surface area contributed by atoms with Gasteiger partial charge in [-0.25, -0.2) is 19.2 Å². The monoisotopic (exact) mass is 377 g/mol. The van der Waals surface area contributed by atoms with Crippen LogP contribution in [0.25, 0.3) is 16.4 Å². The zero-order chi connectivity index (χ0) is 19.5. The number of benzene rings is 1. The van der Waals surface area contributed by atoms with Gasteiger partial charge in [0.05, 0.1) is 18.7 Å². The molecule has 0 saturated carbocycles. The average Bonchev–Trinajstić information content (AvgIpc) is 3.16. The van der Waals surface area contributed by atoms with E-state index in [4.69, 9.17) is 11.3 Å². The first-order valence-electron chi connectivity index (χ1n) is 8.79. The summed E-state index contributed by atoms with van der Waals surface area (Å²) in [5, 5.41) is 2.69. The average molecular weight is 377 g/mol. The summed E-state index contributed by atoms with van der Waals surface area (Å²) in [7, 11) is 0. The van der Waals surface area contributed by atoms with E-state index in [1.54, 1.807) is 18.3 Å². The fourth-order valence-electron chi connectivity index (χ4n) is 3.03. The van der Waals surface area contributed by atoms with Gasteiger partial charge in [0.25, 0.3) is 5.91 Å². The van der Waals surface area contributed by atoms with Gasteiger partial charge in [0.15, 0.2) is 5.82 Å². The fourth-order valence-corrected chi connectivity index (χ4v) is 3.03. The van der Waals surface area contributed by atoms with Crippen molar-refractivity contribution in [2.75, 3.05) is 11.9 Å². The first kappa shape index (κ1) is 17.7. The Morgan fingerprint density at radius 3 is 3.04 bits per heavy atom. The minimum atomic E-state index is -0.717. The minimum absolute atomic E-state index is 0.0955. The lowest BCUT2D eigenvalue weighted by Crippen LogP contribution is -2.16. The summed E-state index contributed by atoms with van der Waals surface area (Å²) >= 11 is 0. The van der Waals surface area contributed by atoms with E-state index in [2.05, 4.69) is 20.1 Å². The molecule has 2 aromatic heterocycles. The quantitative estimate of drug-likeness (QED) is 0.600. The summed E-state index contributed by atoms with van der Waals surface area (Å²) in [6, 6.07) is 7.54. The molecular formula is C20H16FN5O2. The van der Waals surface area contributed by atoms with Crippen molar-refractivity contribution in [2.24, 2.45) is 0 Å². The van der Waals surface area contributed by atoms with Gasteiger partial charge in [0.2, 0.25) is 5.69 Å². The van der Waals surface area contributed by atoms with Gasteiger partial charge in [-0.05, 0) is 31.0 Å². The molecule has 1 aliphatic rings. The van der Waals surface area contributed by atoms with Crippen molar-refractivity contribution in [3.05, 3.63) is 65.5 Å². The maximum atomic E-state index is 14.0. The highest BCUT2D eigenvalue weighted by atomic mass is 19.1. The van der Waals surface area contributed by atoms with Crippen molar-refractivity contribution in [1.82, 2.24) is 14.5 Å². The molecule has 8 heteroatoms. The Balaban J connectivity index is 1.77. The highest BCUT2D eigenvalue weighted by Gasteiger charge is 2.19. The zero-order valence-corrected chi connectivity index (χ0v) is 14.9. The second kappa shape index (κ2) is 7.48. The molecule has 0 fully saturated rings. The van der Waals surface area contributed by atoms with E-state index in [-0.39, 0.29) is 17.0 Å². The first-order valence-corrected chi connectivity index (χ1v) is 8.79. The molecule has 0 saturated heterocycles. The number of nitrogens with zero attached hydrogens (tertiary/aromatic N) is 4. The molecule has 0 radical (unpaired) electrons. The van der Waals surface area contributed by atoms with Gasteiger partial charge < -0.3 is 14.6 Å². The van der Waals surface area contributed by atoms with Crippen LogP contribution in [-0.2, 0) is 6.54 Å². The second-order valence-electron chi connectivity index (χ2n) is 6.27. The summed E-state index contributed by atoms with van der Waals surface area (Å²) in [4.78, 5) is 24.7. The smallest absolute Gasteiger partial charge is 0.259 e. The number of hydrogen-bond donors (Lipinski definition) is 1. The standard InChI is InChI=1S/C20H16FN5O2/c1-22-16-11-13-17(12-14(16)21)28-10-3-2-8-26-9-7-23-19(26)15-5-4-6-18(24-15)25-20(13)27/h4-7,9,11-12H,2-3,8,10H2,(H,24,25,27). The maximum Gasteiger partial charge on any atom is 0.259 e. The molecule has 0 spiro atoms. The third-order valence-corrected chi connectivity index (χ3v) is 4.40. The number of rotatable bonds is 0. The molecule has 0 unspecified atom stereocenters. The predicted molar refractivity (Wildman–Crippen MR) is 101 cm³/mol. The normalized spacial score (nSPS) is 13.9. The number of ether oxygens (including phenoxy) is 1. The summed E-state index contributed by atoms with van der Waals surface area (Å²) in [6.07, 6.45) is 5.11. The number of carbonyl (C=O) groups excluding carboxylic acids is 1. The van der Waals surface area contributed by atoms with Crippen LogP contribution in [0.1, 0.15) is 23.2 Å². The number of anilines is 1. The van der Waals surface area contributed by atoms with Gasteiger partial charge in [0.1, 0.15) is 23.1 Å². The Kier molecular flexibility index (Phi) is 4.72. The molecule has 0 aliphatic carbocycles. The van der Waals surface area contributed by atoms with Crippen molar-refractivity contribution in [1.29, 1.82) is 0 Å². The SMILES string of the molecule is [C-]#[N+]c1cc2c(cc1F)OCCCCn1ccnc1-c1cccc(n1)NC2=O. The predicted octanol–water partition coefficient (Wildman–Crippen LogP) is 4.06. The molecular weight excluding hydrogens is 361 g/mol. The molecule has 28 heavy (non-hydrogen) atoms. The van der Waals surface area contributed by atoms with Crippen molar-refractivity contribution in [3.63, 3.8) is 0 Å². The number of aryl methyl sites for hydroxylation is 1. The van der Waals surface area contributed by atoms with Gasteiger partial charge in [0, 0.05) is 25.0 Å². The molecule has 1 amide bonds. The van der Waals surface area contributed by atoms with Crippen molar-refractivity contribution in [2.45, 2.75) is 19.4 Å². The number of fused-ring (bicyclic) bond motifs is 5. The molecule has 7 nitrogen and oxygen atoms in total. The van der Waals surface area contributed by atoms with E-state index in [0.717, 1.165) is 19.0 Å². The number of aromatic nitrogens is 3. The third-order valence-electron chi connectivity index (χ3n) is 4.40. The maximum absolute atomic E-state index is 14.0. The van der Waals surface area contributed by atoms with Gasteiger partial charge in [-0.3, -0.25) is 4.79 Å². The molecule has 0 atom stereocenters. The summed E-state index contributed by atoms with van der Waals surface area (Å²) in [5.41, 5.74) is 0.498. The van der Waals surface area contributed by atoms with Crippen molar-refractivity contribution < 1.29 is 13.9 Å². The Labute approximate surface area is 160 Å². The van der Waals surface area contributed by atoms with E-state index in [0.29, 0.717) is 30.4 Å². The topological polar surface area (TPSA) is 73.4 Å². The van der Waals surface area contributed by atoms with Gasteiger partial charge >= 0.3 is 0 Å². The second-order valence-corrected chi connectivity index (χ2v) is 6.27. The molecule has 4 rings (SSSR count). The van der Waals surface area contributed by atoms with Gasteiger partial charge in [-0.2, -0.15) is 0 Å². The number of imidazole rings is 1. The first-order chi connectivity index (χ1) is 13.7. The molecule has 3 heterocycles. The van der Waals surface area contributed by atoms with Crippen LogP contribution in [0.3, 0.4) is 0 Å². The van der Waals surface area contributed by atoms with Crippen LogP contribution in [0, 0.1) is 12.4 Å². The van der Waals surface area contributed by atoms with E-state index in [1.165, 1.54) is 6.07 Å². The number of amides is 1. The number of hydrogen-bond acceptors (Lipinski definition) is 4. The minimum Gasteiger partial charge on any atom is -0.493 e. The molecule has 2 bridgehead atoms. The van der Waals surface area contributed by atoms with Crippen molar-refractivity contribution >= 4 is 17.4 Å². The Morgan fingerprint density at radius 1 is 1.29 bits per heavy atom. The molecule has 140 valence electrons. The Bertz CT molecular complexity index is 1090. The van der Waals surface area contributed by atoms with Crippen LogP contribution in [0.5, 0.6) is 5.75 Å². The summed E-state index contributed by atoms with van der Waals surface area (Å²) < 4.78 is 21.7. The molecule has 1 aliphatic heterocycles.